The molecule has 0 saturated heterocycles. The molecular weight excluding hydrogens is 729 g/mol. The average molecular weight is 773 g/mol. The van der Waals surface area contributed by atoms with Crippen molar-refractivity contribution in [3.63, 3.8) is 0 Å². The predicted molar refractivity (Wildman–Crippen MR) is 251 cm³/mol. The number of nitrogens with zero attached hydrogens (tertiary/aromatic N) is 4. The maximum Gasteiger partial charge on any atom is 0.160 e. The van der Waals surface area contributed by atoms with Crippen LogP contribution in [0.1, 0.15) is 37.7 Å². The lowest BCUT2D eigenvalue weighted by atomic mass is 9.77. The van der Waals surface area contributed by atoms with Crippen molar-refractivity contribution in [2.75, 3.05) is 0 Å². The molecule has 0 unspecified atom stereocenters. The third-order valence-electron chi connectivity index (χ3n) is 11.4. The summed E-state index contributed by atoms with van der Waals surface area (Å²) in [5, 5.41) is 4.68. The summed E-state index contributed by atoms with van der Waals surface area (Å²) in [4.78, 5) is 20.4. The van der Waals surface area contributed by atoms with E-state index in [4.69, 9.17) is 19.9 Å². The van der Waals surface area contributed by atoms with Gasteiger partial charge < -0.3 is 0 Å². The van der Waals surface area contributed by atoms with Gasteiger partial charge in [0.15, 0.2) is 11.6 Å². The summed E-state index contributed by atoms with van der Waals surface area (Å²) in [6, 6.07) is 61.8. The van der Waals surface area contributed by atoms with Crippen LogP contribution in [0.5, 0.6) is 0 Å². The van der Waals surface area contributed by atoms with E-state index in [0.717, 1.165) is 61.6 Å². The van der Waals surface area contributed by atoms with E-state index in [2.05, 4.69) is 178 Å². The maximum absolute atomic E-state index is 5.11. The molecule has 0 N–H and O–H groups in total. The van der Waals surface area contributed by atoms with Crippen molar-refractivity contribution in [2.45, 2.75) is 26.2 Å². The molecule has 4 nitrogen and oxygen atoms in total. The van der Waals surface area contributed by atoms with E-state index in [9.17, 15) is 0 Å². The largest absolute Gasteiger partial charge is 0.228 e. The van der Waals surface area contributed by atoms with Crippen LogP contribution in [0.15, 0.2) is 207 Å². The summed E-state index contributed by atoms with van der Waals surface area (Å²) in [5.41, 5.74) is 11.8. The highest BCUT2D eigenvalue weighted by atomic mass is 14.9. The Hall–Kier alpha value is -7.56. The molecule has 2 heterocycles. The van der Waals surface area contributed by atoms with Gasteiger partial charge in [-0.25, -0.2) is 19.9 Å². The minimum Gasteiger partial charge on any atom is -0.228 e. The summed E-state index contributed by atoms with van der Waals surface area (Å²) < 4.78 is 0. The molecule has 0 aliphatic rings. The van der Waals surface area contributed by atoms with Gasteiger partial charge >= 0.3 is 0 Å². The first-order chi connectivity index (χ1) is 29.4. The Morgan fingerprint density at radius 2 is 0.950 bits per heavy atom. The van der Waals surface area contributed by atoms with Crippen LogP contribution in [0.25, 0.3) is 83.5 Å². The minimum absolute atomic E-state index is 0.273. The summed E-state index contributed by atoms with van der Waals surface area (Å²) in [7, 11) is 0. The van der Waals surface area contributed by atoms with Gasteiger partial charge in [-0.2, -0.15) is 0 Å². The van der Waals surface area contributed by atoms with Gasteiger partial charge in [-0.3, -0.25) is 0 Å². The van der Waals surface area contributed by atoms with Crippen LogP contribution in [0.3, 0.4) is 0 Å². The Labute approximate surface area is 352 Å². The van der Waals surface area contributed by atoms with Crippen molar-refractivity contribution >= 4 is 27.1 Å². The highest BCUT2D eigenvalue weighted by Crippen LogP contribution is 2.37. The molecule has 0 aliphatic heterocycles. The molecule has 0 aliphatic carbocycles. The zero-order valence-electron chi connectivity index (χ0n) is 34.0. The number of rotatable bonds is 10. The lowest BCUT2D eigenvalue weighted by Gasteiger charge is -2.26. The van der Waals surface area contributed by atoms with Gasteiger partial charge in [-0.05, 0) is 51.7 Å². The number of hydrogen-bond donors (Lipinski definition) is 0. The van der Waals surface area contributed by atoms with E-state index in [0.29, 0.717) is 11.6 Å². The van der Waals surface area contributed by atoms with Crippen LogP contribution in [0.2, 0.25) is 0 Å². The SMILES string of the molecule is C=C/C=C\C(=C/C)c1nc(-c2ccc(C(C)(C)c3ccc(-c4cc(-c5cccc6ccccc56)nc(-c5ccccc5)n4)cc3)cc2)cc(-c2cccc3ccccc23)n1. The Morgan fingerprint density at radius 3 is 1.50 bits per heavy atom. The molecule has 0 radical (unpaired) electrons. The van der Waals surface area contributed by atoms with Gasteiger partial charge in [0.05, 0.1) is 22.8 Å². The number of aromatic nitrogens is 4. The fourth-order valence-corrected chi connectivity index (χ4v) is 7.96. The normalized spacial score (nSPS) is 12.0. The molecule has 9 rings (SSSR count). The molecule has 60 heavy (non-hydrogen) atoms. The number of benzene rings is 7. The van der Waals surface area contributed by atoms with E-state index in [1.54, 1.807) is 6.08 Å². The van der Waals surface area contributed by atoms with Crippen LogP contribution in [0.4, 0.5) is 0 Å². The fraction of sp³-hybridized carbons (Fsp3) is 0.0714. The lowest BCUT2D eigenvalue weighted by Crippen LogP contribution is -2.18. The van der Waals surface area contributed by atoms with Crippen LogP contribution >= 0.6 is 0 Å². The molecule has 0 saturated carbocycles. The first kappa shape index (κ1) is 38.0. The van der Waals surface area contributed by atoms with E-state index in [1.807, 2.05) is 43.4 Å². The molecule has 0 amide bonds. The highest BCUT2D eigenvalue weighted by Gasteiger charge is 2.24. The van der Waals surface area contributed by atoms with Gasteiger partial charge in [0.1, 0.15) is 0 Å². The first-order valence-corrected chi connectivity index (χ1v) is 20.4. The topological polar surface area (TPSA) is 51.6 Å². The number of allylic oxidation sites excluding steroid dienone is 5. The number of fused-ring (bicyclic) bond motifs is 2. The molecule has 7 aromatic carbocycles. The fourth-order valence-electron chi connectivity index (χ4n) is 7.96. The highest BCUT2D eigenvalue weighted by molar-refractivity contribution is 5.97. The van der Waals surface area contributed by atoms with E-state index < -0.39 is 0 Å². The second kappa shape index (κ2) is 16.4. The van der Waals surface area contributed by atoms with Gasteiger partial charge in [0.2, 0.25) is 0 Å². The third kappa shape index (κ3) is 7.47. The first-order valence-electron chi connectivity index (χ1n) is 20.4. The van der Waals surface area contributed by atoms with Gasteiger partial charge in [-0.1, -0.05) is 209 Å². The molecule has 9 aromatic rings. The van der Waals surface area contributed by atoms with Crippen molar-refractivity contribution in [1.29, 1.82) is 0 Å². The molecule has 0 bridgehead atoms. The maximum atomic E-state index is 5.11. The van der Waals surface area contributed by atoms with Crippen LogP contribution in [-0.2, 0) is 5.41 Å². The van der Waals surface area contributed by atoms with Gasteiger partial charge in [-0.15, -0.1) is 0 Å². The van der Waals surface area contributed by atoms with Crippen molar-refractivity contribution in [3.8, 4) is 56.4 Å². The molecule has 0 atom stereocenters. The van der Waals surface area contributed by atoms with E-state index in [1.165, 1.54) is 27.3 Å². The zero-order valence-corrected chi connectivity index (χ0v) is 34.0. The molecule has 2 aromatic heterocycles. The van der Waals surface area contributed by atoms with Crippen molar-refractivity contribution in [2.24, 2.45) is 0 Å². The van der Waals surface area contributed by atoms with Crippen molar-refractivity contribution < 1.29 is 0 Å². The van der Waals surface area contributed by atoms with E-state index in [-0.39, 0.29) is 5.41 Å². The summed E-state index contributed by atoms with van der Waals surface area (Å²) in [6.07, 6.45) is 7.74. The Kier molecular flexibility index (Phi) is 10.4. The monoisotopic (exact) mass is 772 g/mol. The lowest BCUT2D eigenvalue weighted by molar-refractivity contribution is 0.641. The van der Waals surface area contributed by atoms with Crippen molar-refractivity contribution in [3.05, 3.63) is 224 Å². The predicted octanol–water partition coefficient (Wildman–Crippen LogP) is 14.4. The van der Waals surface area contributed by atoms with Crippen LogP contribution in [0, 0.1) is 0 Å². The average Bonchev–Trinajstić information content (AvgIpc) is 3.31. The van der Waals surface area contributed by atoms with E-state index >= 15 is 0 Å². The smallest absolute Gasteiger partial charge is 0.160 e. The summed E-state index contributed by atoms with van der Waals surface area (Å²) in [5.74, 6) is 1.38. The van der Waals surface area contributed by atoms with Gasteiger partial charge in [0.25, 0.3) is 0 Å². The molecule has 4 heteroatoms. The number of hydrogen-bond acceptors (Lipinski definition) is 4. The second-order valence-electron chi connectivity index (χ2n) is 15.5. The third-order valence-corrected chi connectivity index (χ3v) is 11.4. The summed E-state index contributed by atoms with van der Waals surface area (Å²) in [6.45, 7) is 10.4. The molecule has 288 valence electrons. The molecule has 0 spiro atoms. The Balaban J connectivity index is 1.06. The molecule has 0 fully saturated rings. The Bertz CT molecular complexity index is 3060. The molecular formula is C56H44N4. The Morgan fingerprint density at radius 1 is 0.483 bits per heavy atom. The van der Waals surface area contributed by atoms with Crippen molar-refractivity contribution in [1.82, 2.24) is 19.9 Å². The minimum atomic E-state index is -0.273. The second-order valence-corrected chi connectivity index (χ2v) is 15.5. The zero-order chi connectivity index (χ0) is 41.1. The summed E-state index contributed by atoms with van der Waals surface area (Å²) >= 11 is 0. The van der Waals surface area contributed by atoms with Gasteiger partial charge in [0, 0.05) is 38.8 Å². The standard InChI is InChI=1S/C56H44N4/c1-5-7-17-38(6-2)54-57-50(36-52(59-54)48-26-15-22-39-18-11-13-24-46(39)48)41-28-32-44(33-29-41)56(3,4)45-34-30-42(31-35-45)51-37-53(60-55(58-51)43-20-9-8-10-21-43)49-27-16-23-40-19-12-14-25-47(40)49/h5-37H,1H2,2-4H3/b17-7-,38-6+. The van der Waals surface area contributed by atoms with Crippen LogP contribution < -0.4 is 0 Å². The quantitative estimate of drug-likeness (QED) is 0.130. The van der Waals surface area contributed by atoms with Crippen LogP contribution in [-0.4, -0.2) is 19.9 Å².